The first-order valence-electron chi connectivity index (χ1n) is 10.6. The van der Waals surface area contributed by atoms with Gasteiger partial charge in [0, 0.05) is 12.8 Å². The molecule has 0 spiro atoms. The second-order valence-electron chi connectivity index (χ2n) is 10.4. The lowest BCUT2D eigenvalue weighted by molar-refractivity contribution is -0.176. The van der Waals surface area contributed by atoms with Crippen LogP contribution in [0.4, 0.5) is 0 Å². The molecule has 0 aliphatic heterocycles. The van der Waals surface area contributed by atoms with Crippen LogP contribution in [0.15, 0.2) is 0 Å². The van der Waals surface area contributed by atoms with Crippen LogP contribution in [-0.4, -0.2) is 28.1 Å². The van der Waals surface area contributed by atoms with E-state index in [-0.39, 0.29) is 34.7 Å². The molecule has 0 saturated heterocycles. The quantitative estimate of drug-likeness (QED) is 0.781. The number of fused-ring (bicyclic) bond motifs is 5. The number of carboxylic acid groups (broad SMARTS) is 1. The Bertz CT molecular complexity index is 615. The number of hydrogen-bond acceptors (Lipinski definition) is 3. The van der Waals surface area contributed by atoms with E-state index in [1.165, 1.54) is 0 Å². The monoisotopic (exact) mass is 362 g/mol. The number of ketones is 1. The van der Waals surface area contributed by atoms with Crippen LogP contribution in [0.5, 0.6) is 0 Å². The Morgan fingerprint density at radius 2 is 1.88 bits per heavy atom. The van der Waals surface area contributed by atoms with Crippen molar-refractivity contribution in [1.29, 1.82) is 0 Å². The third-order valence-electron chi connectivity index (χ3n) is 9.48. The highest BCUT2D eigenvalue weighted by Crippen LogP contribution is 2.68. The van der Waals surface area contributed by atoms with E-state index >= 15 is 0 Å². The van der Waals surface area contributed by atoms with E-state index in [1.54, 1.807) is 0 Å². The van der Waals surface area contributed by atoms with Crippen molar-refractivity contribution in [2.24, 2.45) is 46.3 Å². The van der Waals surface area contributed by atoms with Crippen molar-refractivity contribution in [1.82, 2.24) is 0 Å². The molecule has 0 amide bonds. The number of carbonyl (C=O) groups is 2. The highest BCUT2D eigenvalue weighted by atomic mass is 16.4. The summed E-state index contributed by atoms with van der Waals surface area (Å²) in [4.78, 5) is 23.6. The number of carboxylic acids is 1. The minimum Gasteiger partial charge on any atom is -0.481 e. The lowest BCUT2D eigenvalue weighted by Gasteiger charge is -2.62. The van der Waals surface area contributed by atoms with Gasteiger partial charge in [-0.25, -0.2) is 0 Å². The van der Waals surface area contributed by atoms with Crippen molar-refractivity contribution in [2.45, 2.75) is 78.2 Å². The molecular weight excluding hydrogens is 328 g/mol. The molecule has 4 heteroatoms. The molecule has 2 N–H and O–H groups in total. The van der Waals surface area contributed by atoms with Crippen LogP contribution in [0.2, 0.25) is 0 Å². The Morgan fingerprint density at radius 1 is 1.15 bits per heavy atom. The van der Waals surface area contributed by atoms with Crippen LogP contribution >= 0.6 is 0 Å². The lowest BCUT2D eigenvalue weighted by atomic mass is 9.43. The molecule has 146 valence electrons. The summed E-state index contributed by atoms with van der Waals surface area (Å²) < 4.78 is 0. The van der Waals surface area contributed by atoms with E-state index in [9.17, 15) is 19.8 Å². The molecule has 0 aromatic carbocycles. The largest absolute Gasteiger partial charge is 0.481 e. The van der Waals surface area contributed by atoms with Gasteiger partial charge in [0.1, 0.15) is 5.78 Å². The summed E-state index contributed by atoms with van der Waals surface area (Å²) in [5, 5.41) is 20.9. The van der Waals surface area contributed by atoms with Gasteiger partial charge in [-0.05, 0) is 78.9 Å². The molecule has 4 aliphatic carbocycles. The normalized spacial score (nSPS) is 51.9. The summed E-state index contributed by atoms with van der Waals surface area (Å²) in [5.41, 5.74) is 0.0140. The van der Waals surface area contributed by atoms with Crippen molar-refractivity contribution in [3.8, 4) is 0 Å². The van der Waals surface area contributed by atoms with E-state index in [4.69, 9.17) is 0 Å². The molecule has 4 nitrogen and oxygen atoms in total. The van der Waals surface area contributed by atoms with Gasteiger partial charge in [-0.15, -0.1) is 0 Å². The molecular formula is C22H34O4. The van der Waals surface area contributed by atoms with Gasteiger partial charge >= 0.3 is 5.97 Å². The molecule has 9 atom stereocenters. The van der Waals surface area contributed by atoms with Gasteiger partial charge in [0.25, 0.3) is 0 Å². The first-order chi connectivity index (χ1) is 12.2. The van der Waals surface area contributed by atoms with Crippen LogP contribution in [0, 0.1) is 46.3 Å². The number of hydrogen-bond donors (Lipinski definition) is 2. The molecule has 4 saturated carbocycles. The number of rotatable bonds is 2. The Hall–Kier alpha value is -0.900. The van der Waals surface area contributed by atoms with Gasteiger partial charge in [-0.1, -0.05) is 20.8 Å². The molecule has 0 radical (unpaired) electrons. The first kappa shape index (κ1) is 18.5. The van der Waals surface area contributed by atoms with Gasteiger partial charge in [0.15, 0.2) is 0 Å². The highest BCUT2D eigenvalue weighted by Gasteiger charge is 2.63. The molecule has 0 heterocycles. The zero-order valence-electron chi connectivity index (χ0n) is 16.4. The van der Waals surface area contributed by atoms with Crippen LogP contribution < -0.4 is 0 Å². The summed E-state index contributed by atoms with van der Waals surface area (Å²) >= 11 is 0. The topological polar surface area (TPSA) is 74.6 Å². The third-order valence-corrected chi connectivity index (χ3v) is 9.48. The van der Waals surface area contributed by atoms with Gasteiger partial charge in [0.05, 0.1) is 12.0 Å². The van der Waals surface area contributed by atoms with Crippen molar-refractivity contribution in [2.75, 3.05) is 0 Å². The predicted octanol–water partition coefficient (Wildman–Crippen LogP) is 3.91. The number of aliphatic carboxylic acids is 1. The summed E-state index contributed by atoms with van der Waals surface area (Å²) in [6.45, 7) is 6.44. The van der Waals surface area contributed by atoms with E-state index in [1.807, 2.05) is 6.92 Å². The Labute approximate surface area is 156 Å². The van der Waals surface area contributed by atoms with E-state index < -0.39 is 5.97 Å². The van der Waals surface area contributed by atoms with Gasteiger partial charge in [-0.2, -0.15) is 0 Å². The fourth-order valence-corrected chi connectivity index (χ4v) is 8.20. The van der Waals surface area contributed by atoms with Crippen molar-refractivity contribution in [3.05, 3.63) is 0 Å². The maximum atomic E-state index is 12.0. The Morgan fingerprint density at radius 3 is 2.58 bits per heavy atom. The summed E-state index contributed by atoms with van der Waals surface area (Å²) in [5.74, 6) is 1.26. The zero-order valence-corrected chi connectivity index (χ0v) is 16.4. The molecule has 4 rings (SSSR count). The fraction of sp³-hybridized carbons (Fsp3) is 0.909. The Balaban J connectivity index is 1.65. The highest BCUT2D eigenvalue weighted by molar-refractivity contribution is 5.79. The number of Topliss-reactive ketones (excluding diaryl/α,β-unsaturated/α-hetero) is 1. The van der Waals surface area contributed by atoms with Crippen LogP contribution in [0.3, 0.4) is 0 Å². The second kappa shape index (κ2) is 6.05. The summed E-state index contributed by atoms with van der Waals surface area (Å²) in [6.07, 6.45) is 6.95. The zero-order chi connectivity index (χ0) is 18.9. The van der Waals surface area contributed by atoms with Crippen molar-refractivity contribution >= 4 is 11.8 Å². The average Bonchev–Trinajstić information content (AvgIpc) is 2.90. The molecule has 26 heavy (non-hydrogen) atoms. The molecule has 0 aromatic rings. The van der Waals surface area contributed by atoms with Gasteiger partial charge < -0.3 is 10.2 Å². The van der Waals surface area contributed by atoms with E-state index in [2.05, 4.69) is 13.8 Å². The smallest absolute Gasteiger partial charge is 0.306 e. The maximum absolute atomic E-state index is 12.0. The first-order valence-corrected chi connectivity index (χ1v) is 10.6. The SMILES string of the molecule is CC(C(=O)O)[C@H]1CC[C@H]2[C@@H]3CCC4CC(=O)CC[C@]4(C)[C@H]3C(O)C[C@]12C. The number of aliphatic hydroxyl groups excluding tert-OH is 1. The van der Waals surface area contributed by atoms with Crippen molar-refractivity contribution < 1.29 is 19.8 Å². The van der Waals surface area contributed by atoms with E-state index in [0.717, 1.165) is 38.5 Å². The minimum atomic E-state index is -0.699. The Kier molecular flexibility index (Phi) is 4.30. The van der Waals surface area contributed by atoms with E-state index in [0.29, 0.717) is 36.4 Å². The van der Waals surface area contributed by atoms with Gasteiger partial charge in [0.2, 0.25) is 0 Å². The predicted molar refractivity (Wildman–Crippen MR) is 98.4 cm³/mol. The standard InChI is InChI=1S/C22H34O4/c1-12(20(25)26)16-6-7-17-15-5-4-13-10-14(23)8-9-21(13,2)19(15)18(24)11-22(16,17)3/h12-13,15-19,24H,4-11H2,1-3H3,(H,25,26)/t12?,13?,15-,16+,17-,18?,19+,21-,22+/m0/s1. The molecule has 4 fully saturated rings. The molecule has 3 unspecified atom stereocenters. The number of aliphatic hydroxyl groups is 1. The second-order valence-corrected chi connectivity index (χ2v) is 10.4. The van der Waals surface area contributed by atoms with Crippen LogP contribution in [0.25, 0.3) is 0 Å². The molecule has 0 bridgehead atoms. The number of carbonyl (C=O) groups excluding carboxylic acids is 1. The van der Waals surface area contributed by atoms with Crippen LogP contribution in [0.1, 0.15) is 72.1 Å². The molecule has 4 aliphatic rings. The lowest BCUT2D eigenvalue weighted by Crippen LogP contribution is -2.59. The fourth-order valence-electron chi connectivity index (χ4n) is 8.20. The summed E-state index contributed by atoms with van der Waals surface area (Å²) in [7, 11) is 0. The van der Waals surface area contributed by atoms with Gasteiger partial charge in [-0.3, -0.25) is 9.59 Å². The molecule has 0 aromatic heterocycles. The van der Waals surface area contributed by atoms with Crippen molar-refractivity contribution in [3.63, 3.8) is 0 Å². The van der Waals surface area contributed by atoms with Crippen LogP contribution in [-0.2, 0) is 9.59 Å². The third kappa shape index (κ3) is 2.43. The average molecular weight is 363 g/mol. The summed E-state index contributed by atoms with van der Waals surface area (Å²) in [6, 6.07) is 0. The maximum Gasteiger partial charge on any atom is 0.306 e. The minimum absolute atomic E-state index is 0.0634.